The molecule has 3 aliphatic rings. The molecule has 9 nitrogen and oxygen atoms in total. The van der Waals surface area contributed by atoms with Crippen LogP contribution in [0.15, 0.2) is 24.4 Å². The number of thiophene rings is 1. The van der Waals surface area contributed by atoms with Crippen LogP contribution in [0.2, 0.25) is 5.02 Å². The number of carboxylic acid groups (broad SMARTS) is 1. The van der Waals surface area contributed by atoms with Crippen LogP contribution in [0, 0.1) is 24.7 Å². The van der Waals surface area contributed by atoms with Crippen molar-refractivity contribution in [1.29, 1.82) is 0 Å². The van der Waals surface area contributed by atoms with E-state index in [-0.39, 0.29) is 24.2 Å². The highest BCUT2D eigenvalue weighted by molar-refractivity contribution is 7.22. The average molecular weight is 590 g/mol. The van der Waals surface area contributed by atoms with Crippen LogP contribution in [0.3, 0.4) is 0 Å². The molecule has 2 aliphatic heterocycles. The van der Waals surface area contributed by atoms with Crippen molar-refractivity contribution in [1.82, 2.24) is 24.1 Å². The zero-order valence-electron chi connectivity index (χ0n) is 21.8. The van der Waals surface area contributed by atoms with Gasteiger partial charge in [-0.3, -0.25) is 24.3 Å². The Balaban J connectivity index is 0.000000983. The predicted octanol–water partition coefficient (Wildman–Crippen LogP) is 4.25. The molecule has 5 heterocycles. The van der Waals surface area contributed by atoms with Crippen LogP contribution in [-0.2, 0) is 16.1 Å². The first-order valence-corrected chi connectivity index (χ1v) is 15.2. The zero-order valence-corrected chi connectivity index (χ0v) is 24.2. The number of carbonyl (C=O) groups is 3. The summed E-state index contributed by atoms with van der Waals surface area (Å²) < 4.78 is 4.47. The van der Waals surface area contributed by atoms with Gasteiger partial charge in [0.2, 0.25) is 5.91 Å². The Hall–Kier alpha value is -2.60. The van der Waals surface area contributed by atoms with E-state index in [9.17, 15) is 9.59 Å². The van der Waals surface area contributed by atoms with E-state index in [1.165, 1.54) is 22.9 Å². The highest BCUT2D eigenvalue weighted by Gasteiger charge is 2.46. The van der Waals surface area contributed by atoms with Crippen molar-refractivity contribution in [3.8, 4) is 0 Å². The molecule has 1 aliphatic carbocycles. The van der Waals surface area contributed by atoms with Crippen LogP contribution in [0.1, 0.15) is 39.5 Å². The summed E-state index contributed by atoms with van der Waals surface area (Å²) in [7, 11) is 0. The molecule has 6 rings (SSSR count). The number of fused-ring (bicyclic) bond motifs is 2. The van der Waals surface area contributed by atoms with Gasteiger partial charge in [0.15, 0.2) is 0 Å². The van der Waals surface area contributed by atoms with Crippen molar-refractivity contribution in [2.45, 2.75) is 32.7 Å². The van der Waals surface area contributed by atoms with Crippen molar-refractivity contribution < 1.29 is 19.5 Å². The molecule has 0 aromatic carbocycles. The van der Waals surface area contributed by atoms with E-state index in [1.54, 1.807) is 6.20 Å². The van der Waals surface area contributed by atoms with Crippen molar-refractivity contribution in [2.75, 3.05) is 39.3 Å². The molecule has 2 saturated heterocycles. The number of likely N-dealkylation sites (tertiary alicyclic amines) is 1. The minimum absolute atomic E-state index is 0.0290. The summed E-state index contributed by atoms with van der Waals surface area (Å²) in [6, 6.07) is 5.84. The Bertz CT molecular complexity index is 1320. The molecular weight excluding hydrogens is 558 g/mol. The highest BCUT2D eigenvalue weighted by atomic mass is 35.5. The third kappa shape index (κ3) is 6.11. The second-order valence-electron chi connectivity index (χ2n) is 10.4. The summed E-state index contributed by atoms with van der Waals surface area (Å²) in [6.45, 7) is 7.25. The van der Waals surface area contributed by atoms with Gasteiger partial charge < -0.3 is 14.9 Å². The fourth-order valence-electron chi connectivity index (χ4n) is 6.16. The first-order valence-electron chi connectivity index (χ1n) is 13.2. The number of pyridine rings is 1. The number of piperazine rings is 1. The van der Waals surface area contributed by atoms with Gasteiger partial charge in [0.1, 0.15) is 4.83 Å². The van der Waals surface area contributed by atoms with Gasteiger partial charge in [-0.25, -0.2) is 0 Å². The summed E-state index contributed by atoms with van der Waals surface area (Å²) in [5.74, 6) is 1.12. The van der Waals surface area contributed by atoms with Crippen LogP contribution < -0.4 is 0 Å². The van der Waals surface area contributed by atoms with Gasteiger partial charge in [0.25, 0.3) is 12.4 Å². The number of nitrogens with zero attached hydrogens (tertiary/aromatic N) is 5. The van der Waals surface area contributed by atoms with Crippen LogP contribution in [0.25, 0.3) is 10.2 Å². The van der Waals surface area contributed by atoms with Crippen molar-refractivity contribution in [2.24, 2.45) is 17.8 Å². The molecule has 39 heavy (non-hydrogen) atoms. The maximum atomic E-state index is 13.6. The first-order chi connectivity index (χ1) is 18.9. The van der Waals surface area contributed by atoms with Gasteiger partial charge >= 0.3 is 0 Å². The lowest BCUT2D eigenvalue weighted by Crippen LogP contribution is -2.51. The minimum atomic E-state index is -0.250. The second kappa shape index (κ2) is 12.3. The number of rotatable bonds is 4. The fourth-order valence-corrected chi connectivity index (χ4v) is 8.09. The topological polar surface area (TPSA) is 107 Å². The Morgan fingerprint density at radius 3 is 2.62 bits per heavy atom. The summed E-state index contributed by atoms with van der Waals surface area (Å²) in [4.78, 5) is 49.1. The highest BCUT2D eigenvalue weighted by Crippen LogP contribution is 2.42. The standard InChI is InChI=1S/C26H30ClN5O2S2.CH2O2/c1-16-21-11-23(35-24(21)29-36-16)26(34)32-13-17-3-2-4-20(22(17)15-32)25(33)31-9-7-30(8-10-31)14-19-6-5-18(27)12-28-19;2-1-3/h5-6,11-12,17,20,22H,2-4,7-10,13-15H2,1H3;1H,(H,2,3)/t17-,20-,22+;/m1./s1. The molecule has 3 aromatic rings. The van der Waals surface area contributed by atoms with Gasteiger partial charge in [-0.15, -0.1) is 11.3 Å². The summed E-state index contributed by atoms with van der Waals surface area (Å²) in [5, 5.41) is 8.64. The third-order valence-corrected chi connectivity index (χ3v) is 10.3. The van der Waals surface area contributed by atoms with Gasteiger partial charge in [0.05, 0.1) is 15.6 Å². The van der Waals surface area contributed by atoms with E-state index in [0.29, 0.717) is 23.4 Å². The van der Waals surface area contributed by atoms with E-state index in [1.807, 2.05) is 23.1 Å². The minimum Gasteiger partial charge on any atom is -0.483 e. The molecule has 1 saturated carbocycles. The molecule has 0 spiro atoms. The smallest absolute Gasteiger partial charge is 0.290 e. The van der Waals surface area contributed by atoms with E-state index >= 15 is 0 Å². The molecule has 3 atom stereocenters. The number of hydrogen-bond donors (Lipinski definition) is 1. The molecule has 2 amide bonds. The van der Waals surface area contributed by atoms with Crippen molar-refractivity contribution in [3.05, 3.63) is 44.9 Å². The summed E-state index contributed by atoms with van der Waals surface area (Å²) >= 11 is 8.94. The lowest BCUT2D eigenvalue weighted by Gasteiger charge is -2.39. The quantitative estimate of drug-likeness (QED) is 0.453. The molecule has 1 N–H and O–H groups in total. The molecule has 12 heteroatoms. The second-order valence-corrected chi connectivity index (χ2v) is 12.9. The Morgan fingerprint density at radius 2 is 1.92 bits per heavy atom. The summed E-state index contributed by atoms with van der Waals surface area (Å²) in [5.41, 5.74) is 1.00. The maximum absolute atomic E-state index is 13.6. The van der Waals surface area contributed by atoms with Gasteiger partial charge in [-0.05, 0) is 61.3 Å². The van der Waals surface area contributed by atoms with Crippen LogP contribution in [-0.4, -0.2) is 86.7 Å². The van der Waals surface area contributed by atoms with Gasteiger partial charge in [-0.2, -0.15) is 4.37 Å². The number of aromatic nitrogens is 2. The first kappa shape index (κ1) is 27.9. The number of aryl methyl sites for hydroxylation is 1. The molecule has 3 fully saturated rings. The maximum Gasteiger partial charge on any atom is 0.290 e. The van der Waals surface area contributed by atoms with Crippen LogP contribution >= 0.6 is 34.5 Å². The van der Waals surface area contributed by atoms with E-state index in [2.05, 4.69) is 26.1 Å². The van der Waals surface area contributed by atoms with Gasteiger partial charge in [0, 0.05) is 68.2 Å². The van der Waals surface area contributed by atoms with Gasteiger partial charge in [-0.1, -0.05) is 18.0 Å². The SMILES string of the molecule is Cc1snc2sc(C(=O)N3C[C@H]4CCC[C@@H](C(=O)N5CCN(Cc6ccc(Cl)cn6)CC5)[C@H]4C3)cc12.O=CO. The fraction of sp³-hybridized carbons (Fsp3) is 0.519. The lowest BCUT2D eigenvalue weighted by atomic mass is 9.73. The molecule has 3 aromatic heterocycles. The molecule has 208 valence electrons. The molecule has 0 unspecified atom stereocenters. The zero-order chi connectivity index (χ0) is 27.5. The van der Waals surface area contributed by atoms with Crippen molar-refractivity contribution in [3.63, 3.8) is 0 Å². The van der Waals surface area contributed by atoms with Crippen molar-refractivity contribution >= 4 is 63.0 Å². The number of amides is 2. The molecule has 0 bridgehead atoms. The predicted molar refractivity (Wildman–Crippen MR) is 152 cm³/mol. The normalized spacial score (nSPS) is 23.3. The molecule has 0 radical (unpaired) electrons. The average Bonchev–Trinajstić information content (AvgIpc) is 3.66. The third-order valence-electron chi connectivity index (χ3n) is 8.13. The van der Waals surface area contributed by atoms with Crippen LogP contribution in [0.4, 0.5) is 0 Å². The number of carbonyl (C=O) groups excluding carboxylic acids is 2. The van der Waals surface area contributed by atoms with E-state index in [4.69, 9.17) is 21.5 Å². The van der Waals surface area contributed by atoms with Crippen LogP contribution in [0.5, 0.6) is 0 Å². The molecular formula is C27H32ClN5O4S2. The monoisotopic (exact) mass is 589 g/mol. The summed E-state index contributed by atoms with van der Waals surface area (Å²) in [6.07, 6.45) is 4.80. The Labute approximate surface area is 240 Å². The Kier molecular flexibility index (Phi) is 8.80. The lowest BCUT2D eigenvalue weighted by molar-refractivity contribution is -0.140. The largest absolute Gasteiger partial charge is 0.483 e. The van der Waals surface area contributed by atoms with E-state index in [0.717, 1.165) is 84.2 Å². The number of halogens is 1. The number of hydrogen-bond acceptors (Lipinski definition) is 8. The van der Waals surface area contributed by atoms with E-state index < -0.39 is 0 Å². The Morgan fingerprint density at radius 1 is 1.15 bits per heavy atom.